The van der Waals surface area contributed by atoms with Crippen molar-refractivity contribution in [2.24, 2.45) is 0 Å². The minimum Gasteiger partial charge on any atom is -0.494 e. The Hall–Kier alpha value is -2.64. The molecule has 0 spiro atoms. The first kappa shape index (κ1) is 25.0. The first-order valence-corrected chi connectivity index (χ1v) is 12.7. The van der Waals surface area contributed by atoms with E-state index in [1.54, 1.807) is 6.92 Å². The minimum absolute atomic E-state index is 0.161. The van der Waals surface area contributed by atoms with Crippen molar-refractivity contribution in [1.29, 1.82) is 0 Å². The van der Waals surface area contributed by atoms with Crippen molar-refractivity contribution >= 4 is 44.1 Å². The second-order valence-electron chi connectivity index (χ2n) is 7.48. The van der Waals surface area contributed by atoms with Crippen molar-refractivity contribution in [1.82, 2.24) is 0 Å². The van der Waals surface area contributed by atoms with E-state index in [0.717, 1.165) is 34.2 Å². The Balaban J connectivity index is 1.59. The highest BCUT2D eigenvalue weighted by molar-refractivity contribution is 9.10. The third-order valence-corrected chi connectivity index (χ3v) is 6.38. The number of anilines is 1. The van der Waals surface area contributed by atoms with E-state index in [1.165, 1.54) is 16.9 Å². The molecule has 1 aromatic heterocycles. The second kappa shape index (κ2) is 12.6. The van der Waals surface area contributed by atoms with Gasteiger partial charge in [-0.25, -0.2) is 4.79 Å². The predicted octanol–water partition coefficient (Wildman–Crippen LogP) is 7.10. The number of carbonyl (C=O) groups is 2. The smallest absolute Gasteiger partial charge is 0.341 e. The standard InChI is InChI=1S/C26H28BrNO4S/c1-3-6-18-8-14-21(15-9-18)32-16-5-7-23(29)28-25-24(26(30)31-4-2)22(17-33-25)19-10-12-20(27)13-11-19/h8-15,17H,3-7,16H2,1-2H3,(H,28,29). The van der Waals surface area contributed by atoms with Crippen LogP contribution in [0.2, 0.25) is 0 Å². The van der Waals surface area contributed by atoms with Crippen molar-refractivity contribution in [3.63, 3.8) is 0 Å². The van der Waals surface area contributed by atoms with E-state index in [1.807, 2.05) is 41.8 Å². The van der Waals surface area contributed by atoms with Crippen molar-refractivity contribution in [2.45, 2.75) is 39.5 Å². The molecule has 0 bridgehead atoms. The average molecular weight is 530 g/mol. The normalized spacial score (nSPS) is 10.6. The first-order valence-electron chi connectivity index (χ1n) is 11.1. The van der Waals surface area contributed by atoms with Crippen LogP contribution >= 0.6 is 27.3 Å². The SMILES string of the molecule is CCCc1ccc(OCCCC(=O)Nc2scc(-c3ccc(Br)cc3)c2C(=O)OCC)cc1. The number of carbonyl (C=O) groups excluding carboxylic acids is 2. The summed E-state index contributed by atoms with van der Waals surface area (Å²) < 4.78 is 12.0. The van der Waals surface area contributed by atoms with Gasteiger partial charge < -0.3 is 14.8 Å². The summed E-state index contributed by atoms with van der Waals surface area (Å²) in [6.45, 7) is 4.63. The van der Waals surface area contributed by atoms with Crippen LogP contribution in [0, 0.1) is 0 Å². The molecule has 1 heterocycles. The Bertz CT molecular complexity index is 1060. The lowest BCUT2D eigenvalue weighted by atomic mass is 10.0. The first-order chi connectivity index (χ1) is 16.0. The number of hydrogen-bond acceptors (Lipinski definition) is 5. The number of thiophene rings is 1. The van der Waals surface area contributed by atoms with E-state index in [4.69, 9.17) is 9.47 Å². The molecule has 0 saturated carbocycles. The van der Waals surface area contributed by atoms with Gasteiger partial charge in [0.1, 0.15) is 16.3 Å². The van der Waals surface area contributed by atoms with Gasteiger partial charge in [-0.05, 0) is 55.2 Å². The van der Waals surface area contributed by atoms with E-state index in [2.05, 4.69) is 40.3 Å². The van der Waals surface area contributed by atoms with Crippen LogP contribution in [0.3, 0.4) is 0 Å². The van der Waals surface area contributed by atoms with Gasteiger partial charge in [0, 0.05) is 21.8 Å². The van der Waals surface area contributed by atoms with Crippen LogP contribution in [0.5, 0.6) is 5.75 Å². The monoisotopic (exact) mass is 529 g/mol. The van der Waals surface area contributed by atoms with Gasteiger partial charge in [0.05, 0.1) is 13.2 Å². The van der Waals surface area contributed by atoms with Crippen molar-refractivity contribution in [3.05, 3.63) is 69.5 Å². The van der Waals surface area contributed by atoms with E-state index in [0.29, 0.717) is 30.0 Å². The van der Waals surface area contributed by atoms with E-state index < -0.39 is 5.97 Å². The molecule has 7 heteroatoms. The zero-order valence-electron chi connectivity index (χ0n) is 18.9. The average Bonchev–Trinajstić information content (AvgIpc) is 3.22. The summed E-state index contributed by atoms with van der Waals surface area (Å²) in [5.41, 5.74) is 3.31. The molecule has 0 radical (unpaired) electrons. The largest absolute Gasteiger partial charge is 0.494 e. The molecule has 0 fully saturated rings. The Labute approximate surface area is 207 Å². The number of esters is 1. The van der Waals surface area contributed by atoms with Gasteiger partial charge in [-0.1, -0.05) is 53.5 Å². The molecule has 0 aliphatic carbocycles. The van der Waals surface area contributed by atoms with E-state index in [-0.39, 0.29) is 12.5 Å². The van der Waals surface area contributed by atoms with Crippen LogP contribution in [0.25, 0.3) is 11.1 Å². The molecule has 2 aromatic carbocycles. The van der Waals surface area contributed by atoms with Gasteiger partial charge in [-0.3, -0.25) is 4.79 Å². The third-order valence-electron chi connectivity index (χ3n) is 4.96. The molecule has 0 unspecified atom stereocenters. The zero-order chi connectivity index (χ0) is 23.6. The fourth-order valence-corrected chi connectivity index (χ4v) is 4.59. The number of amides is 1. The van der Waals surface area contributed by atoms with Crippen molar-refractivity contribution < 1.29 is 19.1 Å². The van der Waals surface area contributed by atoms with Crippen molar-refractivity contribution in [3.8, 4) is 16.9 Å². The number of halogens is 1. The molecule has 5 nitrogen and oxygen atoms in total. The number of ether oxygens (including phenoxy) is 2. The van der Waals surface area contributed by atoms with Gasteiger partial charge in [0.25, 0.3) is 0 Å². The number of hydrogen-bond donors (Lipinski definition) is 1. The third kappa shape index (κ3) is 7.17. The summed E-state index contributed by atoms with van der Waals surface area (Å²) in [5, 5.41) is 5.26. The molecule has 3 aromatic rings. The summed E-state index contributed by atoms with van der Waals surface area (Å²) in [4.78, 5) is 25.2. The van der Waals surface area contributed by atoms with Gasteiger partial charge in [0.15, 0.2) is 0 Å². The number of aryl methyl sites for hydroxylation is 1. The topological polar surface area (TPSA) is 64.6 Å². The van der Waals surface area contributed by atoms with Crippen LogP contribution < -0.4 is 10.1 Å². The molecule has 33 heavy (non-hydrogen) atoms. The highest BCUT2D eigenvalue weighted by Crippen LogP contribution is 2.36. The van der Waals surface area contributed by atoms with Crippen LogP contribution in [0.4, 0.5) is 5.00 Å². The fraction of sp³-hybridized carbons (Fsp3) is 0.308. The molecule has 174 valence electrons. The molecular formula is C26H28BrNO4S. The fourth-order valence-electron chi connectivity index (χ4n) is 3.35. The summed E-state index contributed by atoms with van der Waals surface area (Å²) in [5.74, 6) is 0.200. The Kier molecular flexibility index (Phi) is 9.51. The molecule has 3 rings (SSSR count). The highest BCUT2D eigenvalue weighted by Gasteiger charge is 2.22. The highest BCUT2D eigenvalue weighted by atomic mass is 79.9. The maximum atomic E-state index is 12.7. The molecule has 1 N–H and O–H groups in total. The molecular weight excluding hydrogens is 502 g/mol. The van der Waals surface area contributed by atoms with Crippen LogP contribution in [-0.2, 0) is 16.0 Å². The summed E-state index contributed by atoms with van der Waals surface area (Å²) in [6.07, 6.45) is 3.03. The lowest BCUT2D eigenvalue weighted by Crippen LogP contribution is -2.15. The zero-order valence-corrected chi connectivity index (χ0v) is 21.3. The lowest BCUT2D eigenvalue weighted by Gasteiger charge is -2.10. The van der Waals surface area contributed by atoms with Crippen molar-refractivity contribution in [2.75, 3.05) is 18.5 Å². The van der Waals surface area contributed by atoms with Gasteiger partial charge in [0.2, 0.25) is 5.91 Å². The summed E-state index contributed by atoms with van der Waals surface area (Å²) in [7, 11) is 0. The predicted molar refractivity (Wildman–Crippen MR) is 137 cm³/mol. The van der Waals surface area contributed by atoms with E-state index in [9.17, 15) is 9.59 Å². The molecule has 0 aliphatic heterocycles. The number of benzene rings is 2. The molecule has 1 amide bonds. The van der Waals surface area contributed by atoms with Crippen LogP contribution in [0.1, 0.15) is 49.0 Å². The van der Waals surface area contributed by atoms with Crippen LogP contribution in [0.15, 0.2) is 58.4 Å². The summed E-state index contributed by atoms with van der Waals surface area (Å²) >= 11 is 4.75. The molecule has 0 atom stereocenters. The number of nitrogens with one attached hydrogen (secondary N) is 1. The van der Waals surface area contributed by atoms with E-state index >= 15 is 0 Å². The van der Waals surface area contributed by atoms with Crippen LogP contribution in [-0.4, -0.2) is 25.1 Å². The Morgan fingerprint density at radius 3 is 2.42 bits per heavy atom. The van der Waals surface area contributed by atoms with Gasteiger partial charge in [-0.2, -0.15) is 0 Å². The quantitative estimate of drug-likeness (QED) is 0.212. The maximum absolute atomic E-state index is 12.7. The Morgan fingerprint density at radius 1 is 1.03 bits per heavy atom. The Morgan fingerprint density at radius 2 is 1.76 bits per heavy atom. The van der Waals surface area contributed by atoms with Gasteiger partial charge >= 0.3 is 5.97 Å². The minimum atomic E-state index is -0.443. The van der Waals surface area contributed by atoms with Gasteiger partial charge in [-0.15, -0.1) is 11.3 Å². The maximum Gasteiger partial charge on any atom is 0.341 e. The number of rotatable bonds is 11. The molecule has 0 aliphatic rings. The lowest BCUT2D eigenvalue weighted by molar-refractivity contribution is -0.116. The summed E-state index contributed by atoms with van der Waals surface area (Å²) in [6, 6.07) is 15.7. The second-order valence-corrected chi connectivity index (χ2v) is 9.27. The molecule has 0 saturated heterocycles.